The van der Waals surface area contributed by atoms with Gasteiger partial charge in [0.15, 0.2) is 6.79 Å². The quantitative estimate of drug-likeness (QED) is 0.581. The fourth-order valence-corrected chi connectivity index (χ4v) is 1.23. The van der Waals surface area contributed by atoms with Gasteiger partial charge in [-0.1, -0.05) is 6.42 Å². The van der Waals surface area contributed by atoms with E-state index in [9.17, 15) is 4.79 Å². The molecule has 1 heterocycles. The zero-order chi connectivity index (χ0) is 8.81. The summed E-state index contributed by atoms with van der Waals surface area (Å²) >= 11 is 0. The van der Waals surface area contributed by atoms with Crippen LogP contribution in [0.4, 0.5) is 4.79 Å². The van der Waals surface area contributed by atoms with E-state index in [2.05, 4.69) is 10.2 Å². The maximum atomic E-state index is 10.8. The molecular formula is C7H14N2O3. The molecular weight excluding hydrogens is 160 g/mol. The Kier molecular flexibility index (Phi) is 3.83. The smallest absolute Gasteiger partial charge is 0.422 e. The van der Waals surface area contributed by atoms with E-state index in [1.54, 1.807) is 0 Å². The average molecular weight is 174 g/mol. The Balaban J connectivity index is 2.15. The Morgan fingerprint density at radius 2 is 2.08 bits per heavy atom. The first-order valence-corrected chi connectivity index (χ1v) is 4.12. The second-order valence-corrected chi connectivity index (χ2v) is 2.72. The highest BCUT2D eigenvalue weighted by molar-refractivity contribution is 5.66. The molecule has 0 bridgehead atoms. The lowest BCUT2D eigenvalue weighted by atomic mass is 10.2. The number of aliphatic hydroxyl groups excluding tert-OH is 1. The first kappa shape index (κ1) is 9.28. The Morgan fingerprint density at radius 1 is 1.42 bits per heavy atom. The molecule has 1 aliphatic heterocycles. The van der Waals surface area contributed by atoms with E-state index in [0.29, 0.717) is 0 Å². The summed E-state index contributed by atoms with van der Waals surface area (Å²) in [5, 5.41) is 10.1. The highest BCUT2D eigenvalue weighted by Crippen LogP contribution is 2.05. The number of ether oxygens (including phenoxy) is 1. The van der Waals surface area contributed by atoms with Crippen LogP contribution < -0.4 is 5.43 Å². The third-order valence-electron chi connectivity index (χ3n) is 1.80. The predicted molar refractivity (Wildman–Crippen MR) is 42.1 cm³/mol. The number of aliphatic hydroxyl groups is 1. The summed E-state index contributed by atoms with van der Waals surface area (Å²) in [6.07, 6.45) is 2.82. The first-order chi connectivity index (χ1) is 5.83. The Hall–Kier alpha value is -0.810. The molecule has 0 unspecified atom stereocenters. The van der Waals surface area contributed by atoms with Crippen molar-refractivity contribution in [2.24, 2.45) is 0 Å². The standard InChI is InChI=1S/C7H14N2O3/c10-6-12-7(11)8-9-4-2-1-3-5-9/h10H,1-6H2,(H,8,11). The number of carbonyl (C=O) groups is 1. The normalized spacial score (nSPS) is 18.8. The molecule has 2 N–H and O–H groups in total. The molecule has 0 aromatic carbocycles. The number of hydrazine groups is 1. The number of nitrogens with zero attached hydrogens (tertiary/aromatic N) is 1. The summed E-state index contributed by atoms with van der Waals surface area (Å²) < 4.78 is 4.31. The Bertz CT molecular complexity index is 146. The maximum absolute atomic E-state index is 10.8. The van der Waals surface area contributed by atoms with Crippen molar-refractivity contribution < 1.29 is 14.6 Å². The number of hydrogen-bond donors (Lipinski definition) is 2. The van der Waals surface area contributed by atoms with Crippen LogP contribution in [0.25, 0.3) is 0 Å². The van der Waals surface area contributed by atoms with Gasteiger partial charge in [0.25, 0.3) is 0 Å². The Labute approximate surface area is 71.3 Å². The zero-order valence-electron chi connectivity index (χ0n) is 6.95. The fraction of sp³-hybridized carbons (Fsp3) is 0.857. The minimum atomic E-state index is -0.584. The molecule has 0 aromatic heterocycles. The molecule has 70 valence electrons. The molecule has 0 atom stereocenters. The topological polar surface area (TPSA) is 61.8 Å². The molecule has 0 spiro atoms. The molecule has 1 amide bonds. The second-order valence-electron chi connectivity index (χ2n) is 2.72. The molecule has 12 heavy (non-hydrogen) atoms. The molecule has 5 heteroatoms. The van der Waals surface area contributed by atoms with E-state index in [1.165, 1.54) is 6.42 Å². The summed E-state index contributed by atoms with van der Waals surface area (Å²) in [7, 11) is 0. The highest BCUT2D eigenvalue weighted by Gasteiger charge is 2.12. The number of rotatable bonds is 2. The number of nitrogens with one attached hydrogen (secondary N) is 1. The number of piperidine rings is 1. The monoisotopic (exact) mass is 174 g/mol. The van der Waals surface area contributed by atoms with Gasteiger partial charge < -0.3 is 9.84 Å². The largest absolute Gasteiger partial charge is 0.423 e. The van der Waals surface area contributed by atoms with Crippen LogP contribution in [0, 0.1) is 0 Å². The van der Waals surface area contributed by atoms with Crippen LogP contribution in [-0.2, 0) is 4.74 Å². The summed E-state index contributed by atoms with van der Waals surface area (Å²) in [5.74, 6) is 0. The van der Waals surface area contributed by atoms with Crippen molar-refractivity contribution in [3.8, 4) is 0 Å². The van der Waals surface area contributed by atoms with Gasteiger partial charge in [0.1, 0.15) is 0 Å². The second kappa shape index (κ2) is 4.95. The average Bonchev–Trinajstić information content (AvgIpc) is 2.06. The van der Waals surface area contributed by atoms with E-state index in [4.69, 9.17) is 5.11 Å². The van der Waals surface area contributed by atoms with E-state index >= 15 is 0 Å². The fourth-order valence-electron chi connectivity index (χ4n) is 1.23. The molecule has 0 radical (unpaired) electrons. The van der Waals surface area contributed by atoms with Crippen molar-refractivity contribution in [3.05, 3.63) is 0 Å². The van der Waals surface area contributed by atoms with E-state index < -0.39 is 12.9 Å². The third-order valence-corrected chi connectivity index (χ3v) is 1.80. The third kappa shape index (κ3) is 3.06. The van der Waals surface area contributed by atoms with Gasteiger partial charge in [-0.05, 0) is 12.8 Å². The van der Waals surface area contributed by atoms with Crippen molar-refractivity contribution in [2.45, 2.75) is 19.3 Å². The minimum Gasteiger partial charge on any atom is -0.422 e. The number of carbonyl (C=O) groups excluding carboxylic acids is 1. The maximum Gasteiger partial charge on any atom is 0.423 e. The summed E-state index contributed by atoms with van der Waals surface area (Å²) in [6, 6.07) is 0. The van der Waals surface area contributed by atoms with Crippen LogP contribution in [0.3, 0.4) is 0 Å². The molecule has 1 fully saturated rings. The zero-order valence-corrected chi connectivity index (χ0v) is 6.95. The molecule has 0 saturated carbocycles. The predicted octanol–water partition coefficient (Wildman–Crippen LogP) is 0.0633. The van der Waals surface area contributed by atoms with Gasteiger partial charge in [-0.2, -0.15) is 0 Å². The summed E-state index contributed by atoms with van der Waals surface area (Å²) in [5.41, 5.74) is 2.53. The SMILES string of the molecule is O=C(NN1CCCCC1)OCO. The van der Waals surface area contributed by atoms with Crippen LogP contribution in [-0.4, -0.2) is 36.1 Å². The van der Waals surface area contributed by atoms with Gasteiger partial charge in [0.05, 0.1) is 0 Å². The van der Waals surface area contributed by atoms with E-state index in [-0.39, 0.29) is 0 Å². The lowest BCUT2D eigenvalue weighted by molar-refractivity contribution is 0.0264. The highest BCUT2D eigenvalue weighted by atomic mass is 16.6. The van der Waals surface area contributed by atoms with Gasteiger partial charge in [0, 0.05) is 13.1 Å². The van der Waals surface area contributed by atoms with Crippen molar-refractivity contribution >= 4 is 6.09 Å². The van der Waals surface area contributed by atoms with E-state index in [1.807, 2.05) is 5.01 Å². The number of hydrogen-bond acceptors (Lipinski definition) is 4. The molecule has 1 saturated heterocycles. The molecule has 0 aliphatic carbocycles. The van der Waals surface area contributed by atoms with E-state index in [0.717, 1.165) is 25.9 Å². The van der Waals surface area contributed by atoms with Crippen LogP contribution >= 0.6 is 0 Å². The van der Waals surface area contributed by atoms with Crippen molar-refractivity contribution in [3.63, 3.8) is 0 Å². The molecule has 5 nitrogen and oxygen atoms in total. The van der Waals surface area contributed by atoms with Crippen LogP contribution in [0.15, 0.2) is 0 Å². The molecule has 1 aliphatic rings. The Morgan fingerprint density at radius 3 is 2.67 bits per heavy atom. The van der Waals surface area contributed by atoms with Crippen molar-refractivity contribution in [1.82, 2.24) is 10.4 Å². The first-order valence-electron chi connectivity index (χ1n) is 4.12. The van der Waals surface area contributed by atoms with Gasteiger partial charge in [-0.25, -0.2) is 9.80 Å². The summed E-state index contributed by atoms with van der Waals surface area (Å²) in [6.45, 7) is 1.15. The van der Waals surface area contributed by atoms with Gasteiger partial charge in [0.2, 0.25) is 0 Å². The van der Waals surface area contributed by atoms with Crippen LogP contribution in [0.1, 0.15) is 19.3 Å². The van der Waals surface area contributed by atoms with Crippen LogP contribution in [0.2, 0.25) is 0 Å². The van der Waals surface area contributed by atoms with Gasteiger partial charge in [-0.15, -0.1) is 0 Å². The summed E-state index contributed by atoms with van der Waals surface area (Å²) in [4.78, 5) is 10.8. The van der Waals surface area contributed by atoms with Crippen LogP contribution in [0.5, 0.6) is 0 Å². The lowest BCUT2D eigenvalue weighted by Gasteiger charge is -2.25. The van der Waals surface area contributed by atoms with Crippen molar-refractivity contribution in [2.75, 3.05) is 19.9 Å². The van der Waals surface area contributed by atoms with Gasteiger partial charge in [-0.3, -0.25) is 5.43 Å². The number of amides is 1. The lowest BCUT2D eigenvalue weighted by Crippen LogP contribution is -2.45. The van der Waals surface area contributed by atoms with Gasteiger partial charge >= 0.3 is 6.09 Å². The molecule has 1 rings (SSSR count). The minimum absolute atomic E-state index is 0.570. The van der Waals surface area contributed by atoms with Crippen molar-refractivity contribution in [1.29, 1.82) is 0 Å². The molecule has 0 aromatic rings.